The highest BCUT2D eigenvalue weighted by Gasteiger charge is 2.26. The van der Waals surface area contributed by atoms with E-state index in [9.17, 15) is 19.2 Å². The van der Waals surface area contributed by atoms with Crippen LogP contribution >= 0.6 is 15.9 Å². The molecule has 0 fully saturated rings. The van der Waals surface area contributed by atoms with Gasteiger partial charge in [-0.2, -0.15) is 0 Å². The van der Waals surface area contributed by atoms with Gasteiger partial charge in [-0.05, 0) is 18.1 Å². The third kappa shape index (κ3) is 8.11. The van der Waals surface area contributed by atoms with E-state index in [1.165, 1.54) is 0 Å². The van der Waals surface area contributed by atoms with Crippen LogP contribution in [-0.4, -0.2) is 43.0 Å². The predicted octanol–water partition coefficient (Wildman–Crippen LogP) is 1.80. The molecule has 0 heterocycles. The van der Waals surface area contributed by atoms with Gasteiger partial charge in [0.15, 0.2) is 12.4 Å². The van der Waals surface area contributed by atoms with Crippen molar-refractivity contribution in [1.29, 1.82) is 0 Å². The zero-order valence-corrected chi connectivity index (χ0v) is 16.1. The zero-order valence-electron chi connectivity index (χ0n) is 14.5. The lowest BCUT2D eigenvalue weighted by Crippen LogP contribution is -2.45. The number of nitrogens with one attached hydrogen (secondary N) is 1. The van der Waals surface area contributed by atoms with Crippen molar-refractivity contribution in [3.05, 3.63) is 34.3 Å². The first-order valence-electron chi connectivity index (χ1n) is 7.86. The smallest absolute Gasteiger partial charge is 0.407 e. The fraction of sp³-hybridized carbons (Fsp3) is 0.412. The molecule has 0 aliphatic rings. The quantitative estimate of drug-likeness (QED) is 0.456. The molecular weight excluding hydrogens is 408 g/mol. The van der Waals surface area contributed by atoms with E-state index in [0.717, 1.165) is 4.47 Å². The van der Waals surface area contributed by atoms with Crippen LogP contribution in [0.15, 0.2) is 28.7 Å². The number of ether oxygens (including phenoxy) is 2. The molecule has 1 atom stereocenters. The topological polar surface area (TPSA) is 125 Å². The number of primary amides is 1. The number of Topliss-reactive ketones (excluding diaryl/α,β-unsaturated/α-hetero) is 1. The highest BCUT2D eigenvalue weighted by Crippen LogP contribution is 2.11. The lowest BCUT2D eigenvalue weighted by molar-refractivity contribution is -0.146. The molecule has 1 rings (SSSR count). The SMILES string of the molecule is CC(C)COC(=O)N[C@@H](CC(N)=O)C(=O)OCC(=O)c1ccc(Br)cc1. The Bertz CT molecular complexity index is 660. The molecule has 2 amide bonds. The third-order valence-corrected chi connectivity index (χ3v) is 3.57. The summed E-state index contributed by atoms with van der Waals surface area (Å²) in [5.41, 5.74) is 5.44. The first kappa shape index (κ1) is 21.6. The fourth-order valence-corrected chi connectivity index (χ4v) is 2.04. The van der Waals surface area contributed by atoms with Crippen molar-refractivity contribution in [2.24, 2.45) is 11.7 Å². The number of halogens is 1. The van der Waals surface area contributed by atoms with Gasteiger partial charge in [0.1, 0.15) is 6.04 Å². The van der Waals surface area contributed by atoms with Crippen LogP contribution in [0, 0.1) is 5.92 Å². The molecule has 9 heteroatoms. The first-order valence-corrected chi connectivity index (χ1v) is 8.65. The summed E-state index contributed by atoms with van der Waals surface area (Å²) in [6, 6.07) is 5.17. The minimum absolute atomic E-state index is 0.103. The van der Waals surface area contributed by atoms with Gasteiger partial charge in [-0.1, -0.05) is 41.9 Å². The predicted molar refractivity (Wildman–Crippen MR) is 96.4 cm³/mol. The molecule has 1 aromatic carbocycles. The van der Waals surface area contributed by atoms with E-state index in [2.05, 4.69) is 21.2 Å². The van der Waals surface area contributed by atoms with E-state index in [1.807, 2.05) is 13.8 Å². The van der Waals surface area contributed by atoms with Gasteiger partial charge in [-0.15, -0.1) is 0 Å². The number of nitrogens with two attached hydrogens (primary N) is 1. The van der Waals surface area contributed by atoms with Crippen molar-refractivity contribution in [2.75, 3.05) is 13.2 Å². The standard InChI is InChI=1S/C17H21BrN2O6/c1-10(2)8-26-17(24)20-13(7-15(19)22)16(23)25-9-14(21)11-3-5-12(18)6-4-11/h3-6,10,13H,7-9H2,1-2H3,(H2,19,22)(H,20,24)/t13-/m0/s1. The second kappa shape index (κ2) is 10.5. The maximum Gasteiger partial charge on any atom is 0.407 e. The Balaban J connectivity index is 2.61. The van der Waals surface area contributed by atoms with Crippen LogP contribution in [0.3, 0.4) is 0 Å². The van der Waals surface area contributed by atoms with Gasteiger partial charge in [-0.25, -0.2) is 9.59 Å². The van der Waals surface area contributed by atoms with Crippen molar-refractivity contribution >= 4 is 39.7 Å². The minimum Gasteiger partial charge on any atom is -0.456 e. The van der Waals surface area contributed by atoms with Gasteiger partial charge >= 0.3 is 12.1 Å². The largest absolute Gasteiger partial charge is 0.456 e. The van der Waals surface area contributed by atoms with Gasteiger partial charge in [-0.3, -0.25) is 9.59 Å². The number of carbonyl (C=O) groups excluding carboxylic acids is 4. The molecule has 0 aliphatic heterocycles. The second-order valence-electron chi connectivity index (χ2n) is 5.90. The summed E-state index contributed by atoms with van der Waals surface area (Å²) in [4.78, 5) is 46.9. The summed E-state index contributed by atoms with van der Waals surface area (Å²) in [7, 11) is 0. The normalized spacial score (nSPS) is 11.5. The average molecular weight is 429 g/mol. The summed E-state index contributed by atoms with van der Waals surface area (Å²) < 4.78 is 10.6. The minimum atomic E-state index is -1.33. The van der Waals surface area contributed by atoms with Gasteiger partial charge in [0.2, 0.25) is 5.91 Å². The molecule has 0 saturated heterocycles. The highest BCUT2D eigenvalue weighted by atomic mass is 79.9. The van der Waals surface area contributed by atoms with E-state index >= 15 is 0 Å². The van der Waals surface area contributed by atoms with Crippen LogP contribution in [0.4, 0.5) is 4.79 Å². The summed E-state index contributed by atoms with van der Waals surface area (Å²) in [5, 5.41) is 2.22. The number of hydrogen-bond acceptors (Lipinski definition) is 6. The van der Waals surface area contributed by atoms with Gasteiger partial charge in [0.25, 0.3) is 0 Å². The summed E-state index contributed by atoms with van der Waals surface area (Å²) in [6.45, 7) is 3.30. The number of amides is 2. The summed E-state index contributed by atoms with van der Waals surface area (Å²) in [6.07, 6.45) is -1.34. The summed E-state index contributed by atoms with van der Waals surface area (Å²) in [5.74, 6) is -2.08. The molecular formula is C17H21BrN2O6. The Morgan fingerprint density at radius 3 is 2.27 bits per heavy atom. The van der Waals surface area contributed by atoms with Crippen LogP contribution in [0.25, 0.3) is 0 Å². The molecule has 0 radical (unpaired) electrons. The molecule has 0 aliphatic carbocycles. The van der Waals surface area contributed by atoms with Crippen molar-refractivity contribution in [3.8, 4) is 0 Å². The molecule has 142 valence electrons. The molecule has 3 N–H and O–H groups in total. The molecule has 0 aromatic heterocycles. The van der Waals surface area contributed by atoms with Crippen molar-refractivity contribution < 1.29 is 28.7 Å². The van der Waals surface area contributed by atoms with E-state index in [-0.39, 0.29) is 12.5 Å². The number of ketones is 1. The van der Waals surface area contributed by atoms with Crippen molar-refractivity contribution in [3.63, 3.8) is 0 Å². The molecule has 8 nitrogen and oxygen atoms in total. The number of esters is 1. The van der Waals surface area contributed by atoms with Crippen molar-refractivity contribution in [1.82, 2.24) is 5.32 Å². The Kier molecular flexibility index (Phi) is 8.77. The van der Waals surface area contributed by atoms with E-state index in [0.29, 0.717) is 5.56 Å². The first-order chi connectivity index (χ1) is 12.2. The second-order valence-corrected chi connectivity index (χ2v) is 6.81. The Hall–Kier alpha value is -2.42. The Morgan fingerprint density at radius 1 is 1.12 bits per heavy atom. The van der Waals surface area contributed by atoms with Crippen LogP contribution in [0.5, 0.6) is 0 Å². The van der Waals surface area contributed by atoms with Crippen molar-refractivity contribution in [2.45, 2.75) is 26.3 Å². The van der Waals surface area contributed by atoms with Gasteiger partial charge in [0, 0.05) is 10.0 Å². The number of carbonyl (C=O) groups is 4. The van der Waals surface area contributed by atoms with Crippen LogP contribution in [0.2, 0.25) is 0 Å². The molecule has 0 saturated carbocycles. The molecule has 1 aromatic rings. The highest BCUT2D eigenvalue weighted by molar-refractivity contribution is 9.10. The fourth-order valence-electron chi connectivity index (χ4n) is 1.78. The lowest BCUT2D eigenvalue weighted by Gasteiger charge is -2.16. The zero-order chi connectivity index (χ0) is 19.7. The monoisotopic (exact) mass is 428 g/mol. The number of benzene rings is 1. The van der Waals surface area contributed by atoms with Gasteiger partial charge in [0.05, 0.1) is 13.0 Å². The Labute approximate surface area is 159 Å². The van der Waals surface area contributed by atoms with Gasteiger partial charge < -0.3 is 20.5 Å². The molecule has 0 bridgehead atoms. The van der Waals surface area contributed by atoms with E-state index in [4.69, 9.17) is 15.2 Å². The maximum atomic E-state index is 12.1. The lowest BCUT2D eigenvalue weighted by atomic mass is 10.1. The maximum absolute atomic E-state index is 12.1. The molecule has 0 spiro atoms. The summed E-state index contributed by atoms with van der Waals surface area (Å²) >= 11 is 3.25. The third-order valence-electron chi connectivity index (χ3n) is 3.04. The van der Waals surface area contributed by atoms with E-state index < -0.39 is 42.8 Å². The average Bonchev–Trinajstić information content (AvgIpc) is 2.57. The van der Waals surface area contributed by atoms with E-state index in [1.54, 1.807) is 24.3 Å². The number of hydrogen-bond donors (Lipinski definition) is 2. The molecule has 0 unspecified atom stereocenters. The number of alkyl carbamates (subject to hydrolysis) is 1. The molecule has 26 heavy (non-hydrogen) atoms. The van der Waals surface area contributed by atoms with Crippen LogP contribution in [-0.2, 0) is 19.1 Å². The van der Waals surface area contributed by atoms with Crippen LogP contribution < -0.4 is 11.1 Å². The Morgan fingerprint density at radius 2 is 1.73 bits per heavy atom. The number of rotatable bonds is 9. The van der Waals surface area contributed by atoms with Crippen LogP contribution in [0.1, 0.15) is 30.6 Å².